The van der Waals surface area contributed by atoms with Crippen LogP contribution < -0.4 is 15.7 Å². The molecule has 5 rings (SSSR count). The summed E-state index contributed by atoms with van der Waals surface area (Å²) < 4.78 is 90.0. The van der Waals surface area contributed by atoms with Gasteiger partial charge in [-0.1, -0.05) is 11.6 Å². The van der Waals surface area contributed by atoms with E-state index in [-0.39, 0.29) is 5.41 Å². The number of ether oxygens (including phenoxy) is 1. The zero-order valence-electron chi connectivity index (χ0n) is 19.6. The lowest BCUT2D eigenvalue weighted by atomic mass is 9.95. The predicted octanol–water partition coefficient (Wildman–Crippen LogP) is 5.41. The highest BCUT2D eigenvalue weighted by Crippen LogP contribution is 2.53. The molecule has 1 spiro atoms. The molecule has 1 amide bonds. The summed E-state index contributed by atoms with van der Waals surface area (Å²) in [5, 5.41) is 5.73. The lowest BCUT2D eigenvalue weighted by molar-refractivity contribution is -0.189. The largest absolute Gasteiger partial charge is 0.480 e. The molecule has 3 aromatic rings. The molecule has 0 unspecified atom stereocenters. The van der Waals surface area contributed by atoms with Crippen molar-refractivity contribution in [2.24, 2.45) is 5.41 Å². The quantitative estimate of drug-likeness (QED) is 0.334. The van der Waals surface area contributed by atoms with Gasteiger partial charge in [-0.25, -0.2) is 18.0 Å². The number of fused-ring (bicyclic) bond motifs is 1. The topological polar surface area (TPSA) is 78.2 Å². The highest BCUT2D eigenvalue weighted by atomic mass is 35.5. The zero-order chi connectivity index (χ0) is 27.6. The van der Waals surface area contributed by atoms with Crippen molar-refractivity contribution in [1.29, 1.82) is 0 Å². The number of hydrogen-bond acceptors (Lipinski definition) is 4. The number of nitrogens with zero attached hydrogens (tertiary/aromatic N) is 3. The number of benzene rings is 2. The summed E-state index contributed by atoms with van der Waals surface area (Å²) in [6, 6.07) is 2.92. The van der Waals surface area contributed by atoms with Gasteiger partial charge >= 0.3 is 11.9 Å². The third-order valence-electron chi connectivity index (χ3n) is 6.86. The third kappa shape index (κ3) is 4.63. The van der Waals surface area contributed by atoms with E-state index < -0.39 is 69.0 Å². The van der Waals surface area contributed by atoms with Crippen LogP contribution in [0.2, 0.25) is 5.02 Å². The molecule has 0 saturated heterocycles. The first kappa shape index (κ1) is 26.1. The summed E-state index contributed by atoms with van der Waals surface area (Å²) >= 11 is 5.82. The number of hydrogen-bond donors (Lipinski definition) is 1. The molecule has 2 aromatic carbocycles. The van der Waals surface area contributed by atoms with Crippen LogP contribution in [-0.4, -0.2) is 32.5 Å². The molecule has 1 aliphatic carbocycles. The van der Waals surface area contributed by atoms with E-state index in [2.05, 4.69) is 5.10 Å². The van der Waals surface area contributed by atoms with Crippen LogP contribution in [0.5, 0.6) is 5.75 Å². The summed E-state index contributed by atoms with van der Waals surface area (Å²) in [7, 11) is 0. The number of amides is 1. The number of anilines is 1. The molecule has 2 heterocycles. The van der Waals surface area contributed by atoms with E-state index in [1.807, 2.05) is 5.32 Å². The fraction of sp³-hybridized carbons (Fsp3) is 0.375. The standard InChI is InChI=1S/C24H19ClF6N4O3/c1-11(24(29,30)31)38-17-9-16(35-22(37)34-7-6-23(4-5-23)10-18(34)33-35)15(27)8-12(17)21(36)32-20-13(25)2-3-14(26)19(20)28/h2-3,8-9,11H,4-7,10H2,1H3,(H,32,36)/t11-/m0/s1. The molecule has 0 bridgehead atoms. The van der Waals surface area contributed by atoms with Crippen LogP contribution in [-0.2, 0) is 13.0 Å². The molecule has 1 fully saturated rings. The van der Waals surface area contributed by atoms with Crippen LogP contribution in [0.15, 0.2) is 29.1 Å². The van der Waals surface area contributed by atoms with Crippen LogP contribution in [0.25, 0.3) is 5.69 Å². The minimum atomic E-state index is -4.87. The van der Waals surface area contributed by atoms with Crippen molar-refractivity contribution in [2.45, 2.75) is 51.4 Å². The Hall–Kier alpha value is -3.48. The Labute approximate surface area is 216 Å². The Morgan fingerprint density at radius 1 is 1.16 bits per heavy atom. The Balaban J connectivity index is 1.58. The normalized spacial score (nSPS) is 16.7. The van der Waals surface area contributed by atoms with Crippen molar-refractivity contribution in [2.75, 3.05) is 5.32 Å². The van der Waals surface area contributed by atoms with E-state index in [1.165, 1.54) is 4.57 Å². The maximum Gasteiger partial charge on any atom is 0.425 e. The Bertz CT molecular complexity index is 1510. The number of carbonyl (C=O) groups excluding carboxylic acids is 1. The van der Waals surface area contributed by atoms with Crippen molar-refractivity contribution < 1.29 is 35.9 Å². The molecule has 202 valence electrons. The molecule has 0 radical (unpaired) electrons. The van der Waals surface area contributed by atoms with E-state index in [1.54, 1.807) is 0 Å². The fourth-order valence-electron chi connectivity index (χ4n) is 4.39. The van der Waals surface area contributed by atoms with Gasteiger partial charge in [-0.2, -0.15) is 17.9 Å². The number of aromatic nitrogens is 3. The number of carbonyl (C=O) groups is 1. The fourth-order valence-corrected chi connectivity index (χ4v) is 4.58. The van der Waals surface area contributed by atoms with Crippen molar-refractivity contribution in [3.63, 3.8) is 0 Å². The summed E-state index contributed by atoms with van der Waals surface area (Å²) in [5.41, 5.74) is -2.76. The van der Waals surface area contributed by atoms with Gasteiger partial charge in [0.25, 0.3) is 5.91 Å². The first-order valence-corrected chi connectivity index (χ1v) is 11.9. The average Bonchev–Trinajstić information content (AvgIpc) is 3.52. The molecule has 1 saturated carbocycles. The zero-order valence-corrected chi connectivity index (χ0v) is 20.4. The highest BCUT2D eigenvalue weighted by molar-refractivity contribution is 6.34. The molecule has 2 aliphatic rings. The van der Waals surface area contributed by atoms with Crippen LogP contribution in [0.3, 0.4) is 0 Å². The van der Waals surface area contributed by atoms with Crippen LogP contribution in [0.1, 0.15) is 42.4 Å². The van der Waals surface area contributed by atoms with Gasteiger partial charge in [-0.05, 0) is 49.8 Å². The number of nitrogens with one attached hydrogen (secondary N) is 1. The molecule has 7 nitrogen and oxygen atoms in total. The number of alkyl halides is 3. The van der Waals surface area contributed by atoms with Crippen molar-refractivity contribution in [3.05, 3.63) is 68.6 Å². The van der Waals surface area contributed by atoms with Crippen LogP contribution in [0.4, 0.5) is 32.0 Å². The van der Waals surface area contributed by atoms with E-state index in [0.29, 0.717) is 42.5 Å². The second-order valence-electron chi connectivity index (χ2n) is 9.46. The van der Waals surface area contributed by atoms with Gasteiger partial charge < -0.3 is 10.1 Å². The Morgan fingerprint density at radius 2 is 1.87 bits per heavy atom. The number of rotatable bonds is 5. The van der Waals surface area contributed by atoms with E-state index in [9.17, 15) is 31.5 Å². The molecule has 1 atom stereocenters. The van der Waals surface area contributed by atoms with Gasteiger partial charge in [-0.3, -0.25) is 9.36 Å². The van der Waals surface area contributed by atoms with Crippen LogP contribution >= 0.6 is 11.6 Å². The molecular weight excluding hydrogens is 542 g/mol. The van der Waals surface area contributed by atoms with Gasteiger partial charge in [0.1, 0.15) is 23.1 Å². The maximum absolute atomic E-state index is 15.3. The van der Waals surface area contributed by atoms with Gasteiger partial charge in [0.05, 0.1) is 16.3 Å². The minimum absolute atomic E-state index is 0.0655. The average molecular weight is 561 g/mol. The number of halogens is 7. The molecule has 38 heavy (non-hydrogen) atoms. The SMILES string of the molecule is C[C@H](Oc1cc(-n2nc3n(c2=O)CCC2(CC2)C3)c(F)cc1C(=O)Nc1c(Cl)ccc(F)c1F)C(F)(F)F. The summed E-state index contributed by atoms with van der Waals surface area (Å²) in [6.07, 6.45) is -4.10. The third-order valence-corrected chi connectivity index (χ3v) is 7.18. The van der Waals surface area contributed by atoms with Gasteiger partial charge in [0.15, 0.2) is 17.7 Å². The molecule has 1 aliphatic heterocycles. The summed E-state index contributed by atoms with van der Waals surface area (Å²) in [5.74, 6) is -5.76. The monoisotopic (exact) mass is 560 g/mol. The first-order chi connectivity index (χ1) is 17.8. The Morgan fingerprint density at radius 3 is 2.53 bits per heavy atom. The molecule has 1 aromatic heterocycles. The van der Waals surface area contributed by atoms with Gasteiger partial charge in [-0.15, -0.1) is 5.10 Å². The smallest absolute Gasteiger partial charge is 0.425 e. The van der Waals surface area contributed by atoms with Crippen molar-refractivity contribution >= 4 is 23.2 Å². The molecule has 1 N–H and O–H groups in total. The maximum atomic E-state index is 15.3. The predicted molar refractivity (Wildman–Crippen MR) is 123 cm³/mol. The summed E-state index contributed by atoms with van der Waals surface area (Å²) in [6.45, 7) is 1.02. The second kappa shape index (κ2) is 9.07. The lowest BCUT2D eigenvalue weighted by Crippen LogP contribution is -2.32. The van der Waals surface area contributed by atoms with Gasteiger partial charge in [0.2, 0.25) is 0 Å². The highest BCUT2D eigenvalue weighted by Gasteiger charge is 2.46. The van der Waals surface area contributed by atoms with E-state index in [0.717, 1.165) is 31.4 Å². The second-order valence-corrected chi connectivity index (χ2v) is 9.87. The van der Waals surface area contributed by atoms with E-state index >= 15 is 4.39 Å². The molecule has 14 heteroatoms. The molecular formula is C24H19ClF6N4O3. The van der Waals surface area contributed by atoms with E-state index in [4.69, 9.17) is 16.3 Å². The first-order valence-electron chi connectivity index (χ1n) is 11.5. The van der Waals surface area contributed by atoms with Crippen molar-refractivity contribution in [3.8, 4) is 11.4 Å². The summed E-state index contributed by atoms with van der Waals surface area (Å²) in [4.78, 5) is 25.9. The van der Waals surface area contributed by atoms with Crippen LogP contribution in [0, 0.1) is 22.9 Å². The minimum Gasteiger partial charge on any atom is -0.480 e. The Kier molecular flexibility index (Phi) is 6.24. The van der Waals surface area contributed by atoms with Crippen molar-refractivity contribution in [1.82, 2.24) is 14.3 Å². The van der Waals surface area contributed by atoms with Gasteiger partial charge in [0, 0.05) is 19.0 Å². The lowest BCUT2D eigenvalue weighted by Gasteiger charge is -2.20.